The summed E-state index contributed by atoms with van der Waals surface area (Å²) in [5.74, 6) is -0.174. The van der Waals surface area contributed by atoms with E-state index in [2.05, 4.69) is 10.0 Å². The van der Waals surface area contributed by atoms with E-state index in [1.54, 1.807) is 0 Å². The highest BCUT2D eigenvalue weighted by molar-refractivity contribution is 7.87. The monoisotopic (exact) mass is 265 g/mol. The molecule has 0 aromatic rings. The number of carbonyl (C=O) groups is 1. The van der Waals surface area contributed by atoms with Crippen LogP contribution in [0.4, 0.5) is 0 Å². The van der Waals surface area contributed by atoms with E-state index in [0.717, 1.165) is 17.1 Å². The van der Waals surface area contributed by atoms with Gasteiger partial charge in [-0.15, -0.1) is 0 Å². The van der Waals surface area contributed by atoms with Gasteiger partial charge >= 0.3 is 0 Å². The third-order valence-corrected chi connectivity index (χ3v) is 3.94. The van der Waals surface area contributed by atoms with Gasteiger partial charge in [0.05, 0.1) is 0 Å². The largest absolute Gasteiger partial charge is 0.368 e. The Morgan fingerprint density at radius 3 is 2.65 bits per heavy atom. The maximum atomic E-state index is 11.5. The predicted molar refractivity (Wildman–Crippen MR) is 62.6 cm³/mol. The van der Waals surface area contributed by atoms with E-state index in [-0.39, 0.29) is 25.1 Å². The van der Waals surface area contributed by atoms with Gasteiger partial charge in [0.2, 0.25) is 5.91 Å². The maximum absolute atomic E-state index is 11.5. The quantitative estimate of drug-likeness (QED) is 0.583. The van der Waals surface area contributed by atoms with Gasteiger partial charge < -0.3 is 10.1 Å². The predicted octanol–water partition coefficient (Wildman–Crippen LogP) is -1.32. The van der Waals surface area contributed by atoms with Crippen molar-refractivity contribution in [2.75, 3.05) is 33.8 Å². The number of hydrogen-bond acceptors (Lipinski definition) is 4. The summed E-state index contributed by atoms with van der Waals surface area (Å²) in [7, 11) is -0.539. The first-order valence-electron chi connectivity index (χ1n) is 5.50. The summed E-state index contributed by atoms with van der Waals surface area (Å²) < 4.78 is 31.2. The van der Waals surface area contributed by atoms with Crippen molar-refractivity contribution in [2.24, 2.45) is 0 Å². The van der Waals surface area contributed by atoms with E-state index in [0.29, 0.717) is 6.61 Å². The van der Waals surface area contributed by atoms with E-state index in [4.69, 9.17) is 4.74 Å². The molecule has 7 nitrogen and oxygen atoms in total. The lowest BCUT2D eigenvalue weighted by Crippen LogP contribution is -2.42. The molecular formula is C9H19N3O4S. The Labute approximate surface area is 102 Å². The highest BCUT2D eigenvalue weighted by Crippen LogP contribution is 2.11. The fraction of sp³-hybridized carbons (Fsp3) is 0.889. The number of nitrogens with zero attached hydrogens (tertiary/aromatic N) is 1. The molecule has 17 heavy (non-hydrogen) atoms. The van der Waals surface area contributed by atoms with Gasteiger partial charge in [-0.1, -0.05) is 0 Å². The van der Waals surface area contributed by atoms with Crippen LogP contribution >= 0.6 is 0 Å². The van der Waals surface area contributed by atoms with E-state index in [9.17, 15) is 13.2 Å². The molecule has 1 amide bonds. The molecule has 0 aromatic carbocycles. The molecule has 1 fully saturated rings. The molecule has 1 atom stereocenters. The van der Waals surface area contributed by atoms with Crippen molar-refractivity contribution < 1.29 is 17.9 Å². The van der Waals surface area contributed by atoms with Crippen LogP contribution < -0.4 is 10.0 Å². The van der Waals surface area contributed by atoms with Crippen molar-refractivity contribution in [1.82, 2.24) is 14.3 Å². The van der Waals surface area contributed by atoms with Crippen molar-refractivity contribution >= 4 is 16.1 Å². The van der Waals surface area contributed by atoms with E-state index >= 15 is 0 Å². The van der Waals surface area contributed by atoms with Crippen molar-refractivity contribution in [3.8, 4) is 0 Å². The van der Waals surface area contributed by atoms with Crippen molar-refractivity contribution in [3.63, 3.8) is 0 Å². The third kappa shape index (κ3) is 4.58. The molecule has 0 radical (unpaired) electrons. The van der Waals surface area contributed by atoms with Gasteiger partial charge in [0.15, 0.2) is 0 Å². The number of ether oxygens (including phenoxy) is 1. The normalized spacial score (nSPS) is 20.8. The molecule has 0 saturated carbocycles. The standard InChI is InChI=1S/C9H19N3O4S/c1-12(2)17(14,15)11-6-5-10-9(13)8-4-3-7-16-8/h8,11H,3-7H2,1-2H3,(H,10,13). The maximum Gasteiger partial charge on any atom is 0.278 e. The SMILES string of the molecule is CN(C)S(=O)(=O)NCCNC(=O)C1CCCO1. The Morgan fingerprint density at radius 2 is 2.12 bits per heavy atom. The molecule has 1 heterocycles. The molecule has 1 aliphatic heterocycles. The molecule has 0 bridgehead atoms. The van der Waals surface area contributed by atoms with Crippen LogP contribution in [0.1, 0.15) is 12.8 Å². The molecular weight excluding hydrogens is 246 g/mol. The van der Waals surface area contributed by atoms with Gasteiger partial charge in [-0.25, -0.2) is 4.72 Å². The molecule has 1 unspecified atom stereocenters. The van der Waals surface area contributed by atoms with Crippen molar-refractivity contribution in [3.05, 3.63) is 0 Å². The summed E-state index contributed by atoms with van der Waals surface area (Å²) in [6, 6.07) is 0. The Bertz CT molecular complexity index is 349. The molecule has 2 N–H and O–H groups in total. The lowest BCUT2D eigenvalue weighted by atomic mass is 10.2. The van der Waals surface area contributed by atoms with Crippen molar-refractivity contribution in [1.29, 1.82) is 0 Å². The number of carbonyl (C=O) groups excluding carboxylic acids is 1. The molecule has 8 heteroatoms. The minimum absolute atomic E-state index is 0.166. The van der Waals surface area contributed by atoms with Crippen molar-refractivity contribution in [2.45, 2.75) is 18.9 Å². The first-order valence-corrected chi connectivity index (χ1v) is 6.94. The van der Waals surface area contributed by atoms with Crippen LogP contribution in [0, 0.1) is 0 Å². The average molecular weight is 265 g/mol. The van der Waals surface area contributed by atoms with Crippen LogP contribution in [0.3, 0.4) is 0 Å². The first-order chi connectivity index (χ1) is 7.93. The Hall–Kier alpha value is -0.700. The fourth-order valence-corrected chi connectivity index (χ4v) is 2.01. The number of rotatable bonds is 6. The van der Waals surface area contributed by atoms with Crippen LogP contribution in [0.15, 0.2) is 0 Å². The van der Waals surface area contributed by atoms with Crippen LogP contribution in [-0.2, 0) is 19.7 Å². The molecule has 1 rings (SSSR count). The molecule has 0 aliphatic carbocycles. The summed E-state index contributed by atoms with van der Waals surface area (Å²) in [6.45, 7) is 1.04. The van der Waals surface area contributed by atoms with Crippen LogP contribution in [0.25, 0.3) is 0 Å². The molecule has 0 aromatic heterocycles. The van der Waals surface area contributed by atoms with Gasteiger partial charge in [-0.2, -0.15) is 12.7 Å². The van der Waals surface area contributed by atoms with E-state index in [1.807, 2.05) is 0 Å². The highest BCUT2D eigenvalue weighted by atomic mass is 32.2. The zero-order chi connectivity index (χ0) is 12.9. The summed E-state index contributed by atoms with van der Waals surface area (Å²) in [6.07, 6.45) is 1.25. The Morgan fingerprint density at radius 1 is 1.41 bits per heavy atom. The van der Waals surface area contributed by atoms with Crippen LogP contribution in [-0.4, -0.2) is 58.5 Å². The van der Waals surface area contributed by atoms with Gasteiger partial charge in [-0.3, -0.25) is 4.79 Å². The minimum atomic E-state index is -3.41. The summed E-state index contributed by atoms with van der Waals surface area (Å²) in [5.41, 5.74) is 0. The molecule has 100 valence electrons. The van der Waals surface area contributed by atoms with Gasteiger partial charge in [0, 0.05) is 33.8 Å². The second kappa shape index (κ2) is 6.29. The Balaban J connectivity index is 2.18. The third-order valence-electron chi connectivity index (χ3n) is 2.41. The lowest BCUT2D eigenvalue weighted by molar-refractivity contribution is -0.129. The van der Waals surface area contributed by atoms with Crippen LogP contribution in [0.2, 0.25) is 0 Å². The molecule has 0 spiro atoms. The van der Waals surface area contributed by atoms with E-state index < -0.39 is 10.2 Å². The smallest absolute Gasteiger partial charge is 0.278 e. The Kier molecular flexibility index (Phi) is 5.31. The molecule has 1 aliphatic rings. The number of amides is 1. The van der Waals surface area contributed by atoms with Gasteiger partial charge in [-0.05, 0) is 12.8 Å². The summed E-state index contributed by atoms with van der Waals surface area (Å²) in [5, 5.41) is 2.63. The second-order valence-electron chi connectivity index (χ2n) is 3.97. The zero-order valence-electron chi connectivity index (χ0n) is 10.1. The van der Waals surface area contributed by atoms with E-state index in [1.165, 1.54) is 14.1 Å². The summed E-state index contributed by atoms with van der Waals surface area (Å²) >= 11 is 0. The summed E-state index contributed by atoms with van der Waals surface area (Å²) in [4.78, 5) is 11.5. The number of nitrogens with one attached hydrogen (secondary N) is 2. The molecule has 1 saturated heterocycles. The highest BCUT2D eigenvalue weighted by Gasteiger charge is 2.23. The van der Waals surface area contributed by atoms with Crippen LogP contribution in [0.5, 0.6) is 0 Å². The minimum Gasteiger partial charge on any atom is -0.368 e. The van der Waals surface area contributed by atoms with Gasteiger partial charge in [0.25, 0.3) is 10.2 Å². The average Bonchev–Trinajstić information content (AvgIpc) is 2.77. The zero-order valence-corrected chi connectivity index (χ0v) is 10.9. The first kappa shape index (κ1) is 14.4. The lowest BCUT2D eigenvalue weighted by Gasteiger charge is -2.13. The van der Waals surface area contributed by atoms with Gasteiger partial charge in [0.1, 0.15) is 6.10 Å². The topological polar surface area (TPSA) is 87.7 Å². The fourth-order valence-electron chi connectivity index (χ4n) is 1.39. The second-order valence-corrected chi connectivity index (χ2v) is 5.94. The number of hydrogen-bond donors (Lipinski definition) is 2.